The van der Waals surface area contributed by atoms with Crippen molar-refractivity contribution in [2.24, 2.45) is 7.05 Å². The van der Waals surface area contributed by atoms with Crippen LogP contribution >= 0.6 is 15.9 Å². The van der Waals surface area contributed by atoms with E-state index in [1.807, 2.05) is 36.9 Å². The lowest BCUT2D eigenvalue weighted by atomic mass is 9.92. The van der Waals surface area contributed by atoms with E-state index in [2.05, 4.69) is 40.1 Å². The van der Waals surface area contributed by atoms with Crippen LogP contribution < -0.4 is 0 Å². The summed E-state index contributed by atoms with van der Waals surface area (Å²) in [6, 6.07) is 10.1. The third-order valence-corrected chi connectivity index (χ3v) is 4.60. The van der Waals surface area contributed by atoms with Gasteiger partial charge in [-0.05, 0) is 28.4 Å². The average molecular weight is 323 g/mol. The van der Waals surface area contributed by atoms with Gasteiger partial charge in [0.2, 0.25) is 0 Å². The molecule has 1 aromatic heterocycles. The van der Waals surface area contributed by atoms with Crippen molar-refractivity contribution < 1.29 is 5.11 Å². The fourth-order valence-corrected chi connectivity index (χ4v) is 2.75. The zero-order chi connectivity index (χ0) is 14.0. The standard InChI is InChI=1S/C15H19BrN2O/c1-10(12-7-5-4-6-8-12)14(19)9-13-15(16)11(2)17-18(13)3/h4-8,10,14,19H,9H2,1-3H3. The minimum absolute atomic E-state index is 0.100. The molecule has 1 aromatic carbocycles. The molecule has 0 aliphatic rings. The monoisotopic (exact) mass is 322 g/mol. The maximum atomic E-state index is 10.4. The van der Waals surface area contributed by atoms with E-state index in [1.165, 1.54) is 0 Å². The number of aliphatic hydroxyl groups is 1. The number of nitrogens with zero attached hydrogens (tertiary/aromatic N) is 2. The first-order valence-corrected chi connectivity index (χ1v) is 7.21. The first-order chi connectivity index (χ1) is 9.00. The molecule has 4 heteroatoms. The largest absolute Gasteiger partial charge is 0.392 e. The van der Waals surface area contributed by atoms with E-state index in [0.29, 0.717) is 6.42 Å². The first-order valence-electron chi connectivity index (χ1n) is 6.41. The van der Waals surface area contributed by atoms with Crippen molar-refractivity contribution in [2.75, 3.05) is 0 Å². The SMILES string of the molecule is Cc1nn(C)c(CC(O)C(C)c2ccccc2)c1Br. The summed E-state index contributed by atoms with van der Waals surface area (Å²) in [5, 5.41) is 14.8. The number of hydrogen-bond acceptors (Lipinski definition) is 2. The van der Waals surface area contributed by atoms with Gasteiger partial charge in [-0.15, -0.1) is 0 Å². The van der Waals surface area contributed by atoms with Crippen LogP contribution in [-0.4, -0.2) is 21.0 Å². The Balaban J connectivity index is 2.15. The van der Waals surface area contributed by atoms with Crippen LogP contribution in [0.3, 0.4) is 0 Å². The minimum Gasteiger partial charge on any atom is -0.392 e. The third kappa shape index (κ3) is 3.07. The van der Waals surface area contributed by atoms with Crippen LogP contribution in [0.1, 0.15) is 29.8 Å². The number of aliphatic hydroxyl groups excluding tert-OH is 1. The van der Waals surface area contributed by atoms with Crippen molar-refractivity contribution in [3.05, 3.63) is 51.8 Å². The molecule has 3 nitrogen and oxygen atoms in total. The second kappa shape index (κ2) is 5.88. The van der Waals surface area contributed by atoms with Crippen molar-refractivity contribution >= 4 is 15.9 Å². The Bertz CT molecular complexity index is 551. The molecule has 2 aromatic rings. The molecule has 2 atom stereocenters. The highest BCUT2D eigenvalue weighted by Crippen LogP contribution is 2.26. The smallest absolute Gasteiger partial charge is 0.0738 e. The lowest BCUT2D eigenvalue weighted by Gasteiger charge is -2.19. The zero-order valence-electron chi connectivity index (χ0n) is 11.5. The summed E-state index contributed by atoms with van der Waals surface area (Å²) in [5.41, 5.74) is 3.15. The molecule has 2 rings (SSSR count). The molecule has 0 amide bonds. The molecule has 0 saturated heterocycles. The number of aromatic nitrogens is 2. The van der Waals surface area contributed by atoms with Gasteiger partial charge in [-0.1, -0.05) is 37.3 Å². The van der Waals surface area contributed by atoms with E-state index in [-0.39, 0.29) is 5.92 Å². The second-order valence-corrected chi connectivity index (χ2v) is 5.73. The summed E-state index contributed by atoms with van der Waals surface area (Å²) in [5.74, 6) is 0.100. The predicted molar refractivity (Wildman–Crippen MR) is 80.2 cm³/mol. The van der Waals surface area contributed by atoms with Gasteiger partial charge in [0, 0.05) is 19.4 Å². The second-order valence-electron chi connectivity index (χ2n) is 4.94. The fourth-order valence-electron chi connectivity index (χ4n) is 2.26. The Morgan fingerprint density at radius 1 is 1.32 bits per heavy atom. The van der Waals surface area contributed by atoms with Crippen LogP contribution in [0.25, 0.3) is 0 Å². The summed E-state index contributed by atoms with van der Waals surface area (Å²) in [6.45, 7) is 4.01. The molecule has 0 fully saturated rings. The minimum atomic E-state index is -0.423. The van der Waals surface area contributed by atoms with E-state index < -0.39 is 6.10 Å². The summed E-state index contributed by atoms with van der Waals surface area (Å²) in [7, 11) is 1.91. The number of halogens is 1. The zero-order valence-corrected chi connectivity index (χ0v) is 13.1. The van der Waals surface area contributed by atoms with Gasteiger partial charge < -0.3 is 5.11 Å². The van der Waals surface area contributed by atoms with Gasteiger partial charge in [-0.2, -0.15) is 5.10 Å². The molecule has 1 N–H and O–H groups in total. The first kappa shape index (κ1) is 14.3. The van der Waals surface area contributed by atoms with Crippen LogP contribution in [0.5, 0.6) is 0 Å². The molecule has 0 saturated carbocycles. The van der Waals surface area contributed by atoms with Gasteiger partial charge in [0.15, 0.2) is 0 Å². The molecule has 0 aliphatic heterocycles. The van der Waals surface area contributed by atoms with Crippen LogP contribution in [-0.2, 0) is 13.5 Å². The fraction of sp³-hybridized carbons (Fsp3) is 0.400. The van der Waals surface area contributed by atoms with Crippen LogP contribution in [0.2, 0.25) is 0 Å². The van der Waals surface area contributed by atoms with E-state index in [9.17, 15) is 5.11 Å². The van der Waals surface area contributed by atoms with Gasteiger partial charge >= 0.3 is 0 Å². The number of hydrogen-bond donors (Lipinski definition) is 1. The summed E-state index contributed by atoms with van der Waals surface area (Å²) < 4.78 is 2.83. The Morgan fingerprint density at radius 3 is 2.47 bits per heavy atom. The Labute approximate surface area is 122 Å². The van der Waals surface area contributed by atoms with Crippen molar-refractivity contribution in [2.45, 2.75) is 32.3 Å². The van der Waals surface area contributed by atoms with Crippen LogP contribution in [0.15, 0.2) is 34.8 Å². The third-order valence-electron chi connectivity index (χ3n) is 3.57. The topological polar surface area (TPSA) is 38.0 Å². The highest BCUT2D eigenvalue weighted by atomic mass is 79.9. The summed E-state index contributed by atoms with van der Waals surface area (Å²) >= 11 is 3.54. The molecule has 0 bridgehead atoms. The molecular weight excluding hydrogens is 304 g/mol. The number of aryl methyl sites for hydroxylation is 2. The summed E-state index contributed by atoms with van der Waals surface area (Å²) in [4.78, 5) is 0. The quantitative estimate of drug-likeness (QED) is 0.938. The normalized spacial score (nSPS) is 14.4. The molecular formula is C15H19BrN2O. The molecule has 0 spiro atoms. The van der Waals surface area contributed by atoms with Crippen molar-refractivity contribution in [3.8, 4) is 0 Å². The van der Waals surface area contributed by atoms with Gasteiger partial charge in [0.25, 0.3) is 0 Å². The predicted octanol–water partition coefficient (Wildman–Crippen LogP) is 3.20. The van der Waals surface area contributed by atoms with Crippen molar-refractivity contribution in [3.63, 3.8) is 0 Å². The van der Waals surface area contributed by atoms with Gasteiger partial charge in [-0.3, -0.25) is 4.68 Å². The Hall–Kier alpha value is -1.13. The number of benzene rings is 1. The van der Waals surface area contributed by atoms with Gasteiger partial charge in [0.1, 0.15) is 0 Å². The molecule has 19 heavy (non-hydrogen) atoms. The lowest BCUT2D eigenvalue weighted by molar-refractivity contribution is 0.147. The molecule has 0 radical (unpaired) electrons. The molecule has 2 unspecified atom stereocenters. The highest BCUT2D eigenvalue weighted by Gasteiger charge is 2.20. The maximum absolute atomic E-state index is 10.4. The van der Waals surface area contributed by atoms with Crippen molar-refractivity contribution in [1.82, 2.24) is 9.78 Å². The van der Waals surface area contributed by atoms with Crippen molar-refractivity contribution in [1.29, 1.82) is 0 Å². The van der Waals surface area contributed by atoms with E-state index in [1.54, 1.807) is 0 Å². The Kier molecular flexibility index (Phi) is 4.42. The van der Waals surface area contributed by atoms with Gasteiger partial charge in [-0.25, -0.2) is 0 Å². The van der Waals surface area contributed by atoms with E-state index in [0.717, 1.165) is 21.4 Å². The van der Waals surface area contributed by atoms with Crippen LogP contribution in [0, 0.1) is 6.92 Å². The average Bonchev–Trinajstić information content (AvgIpc) is 2.65. The maximum Gasteiger partial charge on any atom is 0.0738 e. The van der Waals surface area contributed by atoms with Gasteiger partial charge in [0.05, 0.1) is 22.0 Å². The van der Waals surface area contributed by atoms with E-state index in [4.69, 9.17) is 0 Å². The molecule has 1 heterocycles. The lowest BCUT2D eigenvalue weighted by Crippen LogP contribution is -2.20. The summed E-state index contributed by atoms with van der Waals surface area (Å²) in [6.07, 6.45) is 0.169. The highest BCUT2D eigenvalue weighted by molar-refractivity contribution is 9.10. The Morgan fingerprint density at radius 2 is 1.95 bits per heavy atom. The van der Waals surface area contributed by atoms with E-state index >= 15 is 0 Å². The van der Waals surface area contributed by atoms with Crippen LogP contribution in [0.4, 0.5) is 0 Å². The molecule has 102 valence electrons. The number of rotatable bonds is 4. The molecule has 0 aliphatic carbocycles.